The predicted molar refractivity (Wildman–Crippen MR) is 87.9 cm³/mol. The molecule has 3 aromatic rings. The predicted octanol–water partition coefficient (Wildman–Crippen LogP) is 2.99. The van der Waals surface area contributed by atoms with E-state index < -0.39 is 0 Å². The number of hydrogen-bond acceptors (Lipinski definition) is 6. The Hall–Kier alpha value is -2.80. The number of nitrogens with one attached hydrogen (secondary N) is 1. The Balaban J connectivity index is 1.34. The van der Waals surface area contributed by atoms with E-state index >= 15 is 0 Å². The van der Waals surface area contributed by atoms with Gasteiger partial charge >= 0.3 is 0 Å². The summed E-state index contributed by atoms with van der Waals surface area (Å²) in [6, 6.07) is 11.3. The number of ether oxygens (including phenoxy) is 2. The van der Waals surface area contributed by atoms with Crippen molar-refractivity contribution in [1.29, 1.82) is 0 Å². The summed E-state index contributed by atoms with van der Waals surface area (Å²) < 4.78 is 15.9. The fourth-order valence-corrected chi connectivity index (χ4v) is 3.08. The summed E-state index contributed by atoms with van der Waals surface area (Å²) in [6.45, 7) is 0.662. The molecule has 24 heavy (non-hydrogen) atoms. The summed E-state index contributed by atoms with van der Waals surface area (Å²) in [5.74, 6) is 2.01. The molecular weight excluding hydrogens is 328 g/mol. The van der Waals surface area contributed by atoms with Gasteiger partial charge in [-0.2, -0.15) is 0 Å². The summed E-state index contributed by atoms with van der Waals surface area (Å²) in [5.41, 5.74) is 1.56. The van der Waals surface area contributed by atoms with Crippen molar-refractivity contribution in [3.8, 4) is 22.1 Å². The lowest BCUT2D eigenvalue weighted by Gasteiger charge is -2.05. The van der Waals surface area contributed by atoms with Gasteiger partial charge in [0.25, 0.3) is 0 Å². The zero-order valence-electron chi connectivity index (χ0n) is 12.7. The number of nitrogens with zero attached hydrogens (tertiary/aromatic N) is 1. The molecule has 3 heterocycles. The molecule has 4 rings (SSSR count). The zero-order chi connectivity index (χ0) is 16.4. The molecule has 0 bridgehead atoms. The first kappa shape index (κ1) is 14.8. The molecule has 0 spiro atoms. The maximum Gasteiger partial charge on any atom is 0.231 e. The molecule has 0 fully saturated rings. The third kappa shape index (κ3) is 3.11. The SMILES string of the molecule is O=C(Cc1cc(-c2cccs2)on1)NCc1ccc2c(c1)OCO2. The van der Waals surface area contributed by atoms with E-state index in [0.717, 1.165) is 16.2 Å². The lowest BCUT2D eigenvalue weighted by atomic mass is 10.2. The molecule has 7 heteroatoms. The molecule has 0 atom stereocenters. The molecular formula is C17H14N2O4S. The van der Waals surface area contributed by atoms with Crippen molar-refractivity contribution >= 4 is 17.2 Å². The smallest absolute Gasteiger partial charge is 0.231 e. The van der Waals surface area contributed by atoms with Crippen LogP contribution < -0.4 is 14.8 Å². The molecule has 6 nitrogen and oxygen atoms in total. The van der Waals surface area contributed by atoms with Gasteiger partial charge in [-0.05, 0) is 29.1 Å². The van der Waals surface area contributed by atoms with Crippen molar-refractivity contribution in [3.05, 3.63) is 53.0 Å². The summed E-state index contributed by atoms with van der Waals surface area (Å²) in [7, 11) is 0. The Morgan fingerprint density at radius 3 is 3.00 bits per heavy atom. The van der Waals surface area contributed by atoms with Gasteiger partial charge in [-0.25, -0.2) is 0 Å². The van der Waals surface area contributed by atoms with E-state index in [-0.39, 0.29) is 19.1 Å². The third-order valence-corrected chi connectivity index (χ3v) is 4.48. The van der Waals surface area contributed by atoms with Crippen LogP contribution in [0.3, 0.4) is 0 Å². The van der Waals surface area contributed by atoms with Crippen LogP contribution in [-0.2, 0) is 17.8 Å². The monoisotopic (exact) mass is 342 g/mol. The molecule has 1 N–H and O–H groups in total. The Morgan fingerprint density at radius 1 is 1.21 bits per heavy atom. The second kappa shape index (κ2) is 6.37. The molecule has 1 aromatic carbocycles. The van der Waals surface area contributed by atoms with Gasteiger partial charge in [-0.1, -0.05) is 17.3 Å². The van der Waals surface area contributed by atoms with Crippen LogP contribution in [-0.4, -0.2) is 17.9 Å². The molecule has 0 unspecified atom stereocenters. The largest absolute Gasteiger partial charge is 0.454 e. The number of aromatic nitrogens is 1. The van der Waals surface area contributed by atoms with Crippen molar-refractivity contribution in [1.82, 2.24) is 10.5 Å². The number of amides is 1. The first-order valence-electron chi connectivity index (χ1n) is 7.42. The summed E-state index contributed by atoms with van der Waals surface area (Å²) in [5, 5.41) is 8.78. The van der Waals surface area contributed by atoms with Crippen molar-refractivity contribution in [2.24, 2.45) is 0 Å². The van der Waals surface area contributed by atoms with Crippen LogP contribution in [0.2, 0.25) is 0 Å². The molecule has 0 radical (unpaired) electrons. The minimum atomic E-state index is -0.112. The van der Waals surface area contributed by atoms with E-state index in [0.29, 0.717) is 23.7 Å². The van der Waals surface area contributed by atoms with Crippen LogP contribution in [0.1, 0.15) is 11.3 Å². The van der Waals surface area contributed by atoms with Crippen LogP contribution in [0.5, 0.6) is 11.5 Å². The lowest BCUT2D eigenvalue weighted by molar-refractivity contribution is -0.120. The van der Waals surface area contributed by atoms with Gasteiger partial charge in [0.05, 0.1) is 17.0 Å². The molecule has 0 saturated carbocycles. The van der Waals surface area contributed by atoms with Gasteiger partial charge in [-0.15, -0.1) is 11.3 Å². The summed E-state index contributed by atoms with van der Waals surface area (Å²) >= 11 is 1.57. The van der Waals surface area contributed by atoms with Crippen LogP contribution in [0.15, 0.2) is 46.3 Å². The fourth-order valence-electron chi connectivity index (χ4n) is 2.41. The van der Waals surface area contributed by atoms with Crippen LogP contribution in [0, 0.1) is 0 Å². The number of thiophene rings is 1. The average molecular weight is 342 g/mol. The maximum atomic E-state index is 12.1. The lowest BCUT2D eigenvalue weighted by Crippen LogP contribution is -2.24. The molecule has 1 aliphatic rings. The zero-order valence-corrected chi connectivity index (χ0v) is 13.5. The molecule has 1 amide bonds. The average Bonchev–Trinajstić information content (AvgIpc) is 3.32. The first-order chi connectivity index (χ1) is 11.8. The minimum absolute atomic E-state index is 0.112. The van der Waals surface area contributed by atoms with Crippen molar-refractivity contribution in [3.63, 3.8) is 0 Å². The highest BCUT2D eigenvalue weighted by Crippen LogP contribution is 2.32. The van der Waals surface area contributed by atoms with E-state index in [9.17, 15) is 4.79 Å². The highest BCUT2D eigenvalue weighted by molar-refractivity contribution is 7.13. The van der Waals surface area contributed by atoms with Gasteiger partial charge in [-0.3, -0.25) is 4.79 Å². The van der Waals surface area contributed by atoms with Crippen molar-refractivity contribution in [2.75, 3.05) is 6.79 Å². The van der Waals surface area contributed by atoms with E-state index in [1.165, 1.54) is 0 Å². The Labute approximate surface area is 142 Å². The Morgan fingerprint density at radius 2 is 2.12 bits per heavy atom. The van der Waals surface area contributed by atoms with E-state index in [1.54, 1.807) is 17.4 Å². The van der Waals surface area contributed by atoms with Crippen LogP contribution >= 0.6 is 11.3 Å². The maximum absolute atomic E-state index is 12.1. The number of benzene rings is 1. The number of carbonyl (C=O) groups is 1. The summed E-state index contributed by atoms with van der Waals surface area (Å²) in [6.07, 6.45) is 0.180. The van der Waals surface area contributed by atoms with Gasteiger partial charge < -0.3 is 19.3 Å². The van der Waals surface area contributed by atoms with Gasteiger partial charge in [0.2, 0.25) is 12.7 Å². The van der Waals surface area contributed by atoms with E-state index in [1.807, 2.05) is 35.7 Å². The van der Waals surface area contributed by atoms with Crippen molar-refractivity contribution in [2.45, 2.75) is 13.0 Å². The van der Waals surface area contributed by atoms with E-state index in [4.69, 9.17) is 14.0 Å². The second-order valence-electron chi connectivity index (χ2n) is 5.30. The summed E-state index contributed by atoms with van der Waals surface area (Å²) in [4.78, 5) is 13.1. The number of fused-ring (bicyclic) bond motifs is 1. The standard InChI is InChI=1S/C17H14N2O4S/c20-17(8-12-7-15(23-19-12)16-2-1-5-24-16)18-9-11-3-4-13-14(6-11)22-10-21-13/h1-7H,8-10H2,(H,18,20). The van der Waals surface area contributed by atoms with Crippen molar-refractivity contribution < 1.29 is 18.8 Å². The molecule has 122 valence electrons. The molecule has 1 aliphatic heterocycles. The highest BCUT2D eigenvalue weighted by Gasteiger charge is 2.14. The normalized spacial score (nSPS) is 12.3. The van der Waals surface area contributed by atoms with E-state index in [2.05, 4.69) is 10.5 Å². The quantitative estimate of drug-likeness (QED) is 0.772. The fraction of sp³-hybridized carbons (Fsp3) is 0.176. The van der Waals surface area contributed by atoms with Gasteiger partial charge in [0.15, 0.2) is 17.3 Å². The molecule has 0 aliphatic carbocycles. The van der Waals surface area contributed by atoms with Gasteiger partial charge in [0.1, 0.15) is 0 Å². The van der Waals surface area contributed by atoms with Gasteiger partial charge in [0, 0.05) is 12.6 Å². The van der Waals surface area contributed by atoms with Crippen LogP contribution in [0.25, 0.3) is 10.6 Å². The molecule has 2 aromatic heterocycles. The third-order valence-electron chi connectivity index (χ3n) is 3.59. The topological polar surface area (TPSA) is 73.6 Å². The molecule has 0 saturated heterocycles. The second-order valence-corrected chi connectivity index (χ2v) is 6.25. The van der Waals surface area contributed by atoms with Crippen LogP contribution in [0.4, 0.5) is 0 Å². The highest BCUT2D eigenvalue weighted by atomic mass is 32.1. The first-order valence-corrected chi connectivity index (χ1v) is 8.30. The Kier molecular flexibility index (Phi) is 3.92. The number of hydrogen-bond donors (Lipinski definition) is 1. The number of carbonyl (C=O) groups excluding carboxylic acids is 1. The Bertz CT molecular complexity index is 857. The minimum Gasteiger partial charge on any atom is -0.454 e. The number of rotatable bonds is 5.